The van der Waals surface area contributed by atoms with E-state index in [2.05, 4.69) is 6.07 Å². The number of carbonyl (C=O) groups is 1. The average molecular weight is 385 g/mol. The summed E-state index contributed by atoms with van der Waals surface area (Å²) in [6.45, 7) is 0. The van der Waals surface area contributed by atoms with Crippen LogP contribution in [0.4, 0.5) is 0 Å². The van der Waals surface area contributed by atoms with Gasteiger partial charge in [0.1, 0.15) is 17.2 Å². The fourth-order valence-corrected chi connectivity index (χ4v) is 2.68. The number of carbonyl (C=O) groups excluding carboxylic acids is 1. The van der Waals surface area contributed by atoms with Crippen LogP contribution in [0.2, 0.25) is 0 Å². The van der Waals surface area contributed by atoms with Gasteiger partial charge in [0.2, 0.25) is 0 Å². The number of allylic oxidation sites excluding steroid dienone is 1. The minimum atomic E-state index is -0.468. The Labute approximate surface area is 169 Å². The van der Waals surface area contributed by atoms with Gasteiger partial charge in [0.25, 0.3) is 0 Å². The largest absolute Gasteiger partial charge is 0.497 e. The molecule has 0 amide bonds. The van der Waals surface area contributed by atoms with Gasteiger partial charge < -0.3 is 14.2 Å². The topological polar surface area (TPSA) is 68.5 Å². The maximum Gasteiger partial charge on any atom is 0.343 e. The Hall–Kier alpha value is -4.04. The zero-order valence-electron chi connectivity index (χ0n) is 16.1. The molecule has 3 aromatic rings. The highest BCUT2D eigenvalue weighted by Crippen LogP contribution is 2.23. The highest BCUT2D eigenvalue weighted by atomic mass is 16.5. The summed E-state index contributed by atoms with van der Waals surface area (Å²) < 4.78 is 15.7. The first-order valence-corrected chi connectivity index (χ1v) is 8.85. The minimum absolute atomic E-state index is 0.395. The van der Waals surface area contributed by atoms with E-state index in [0.717, 1.165) is 16.9 Å². The first kappa shape index (κ1) is 19.7. The van der Waals surface area contributed by atoms with Crippen molar-refractivity contribution in [1.29, 1.82) is 5.26 Å². The van der Waals surface area contributed by atoms with Crippen molar-refractivity contribution in [2.24, 2.45) is 0 Å². The Bertz CT molecular complexity index is 1060. The SMILES string of the molecule is COc1ccc(C(=O)Oc2cccc(/C=C(/C#N)c3ccc(OC)cc3)c2)cc1. The number of hydrogen-bond donors (Lipinski definition) is 0. The summed E-state index contributed by atoms with van der Waals surface area (Å²) in [6.07, 6.45) is 1.74. The molecule has 3 rings (SSSR count). The third kappa shape index (κ3) is 5.02. The molecule has 0 saturated heterocycles. The molecule has 0 aliphatic heterocycles. The van der Waals surface area contributed by atoms with Crippen molar-refractivity contribution in [3.63, 3.8) is 0 Å². The van der Waals surface area contributed by atoms with Crippen molar-refractivity contribution in [2.75, 3.05) is 14.2 Å². The Morgan fingerprint density at radius 1 is 0.828 bits per heavy atom. The number of benzene rings is 3. The second-order valence-electron chi connectivity index (χ2n) is 6.09. The molecule has 0 atom stereocenters. The molecular formula is C24H19NO4. The van der Waals surface area contributed by atoms with Crippen molar-refractivity contribution in [3.05, 3.63) is 89.5 Å². The van der Waals surface area contributed by atoms with E-state index in [0.29, 0.717) is 22.6 Å². The normalized spacial score (nSPS) is 10.7. The van der Waals surface area contributed by atoms with Crippen molar-refractivity contribution in [2.45, 2.75) is 0 Å². The van der Waals surface area contributed by atoms with Crippen LogP contribution in [-0.2, 0) is 0 Å². The summed E-state index contributed by atoms with van der Waals surface area (Å²) >= 11 is 0. The second-order valence-corrected chi connectivity index (χ2v) is 6.09. The average Bonchev–Trinajstić information content (AvgIpc) is 2.78. The highest BCUT2D eigenvalue weighted by molar-refractivity contribution is 5.92. The van der Waals surface area contributed by atoms with Gasteiger partial charge in [-0.2, -0.15) is 5.26 Å². The first-order chi connectivity index (χ1) is 14.1. The smallest absolute Gasteiger partial charge is 0.343 e. The molecule has 0 fully saturated rings. The molecule has 0 saturated carbocycles. The summed E-state index contributed by atoms with van der Waals surface area (Å²) in [5.41, 5.74) is 2.43. The van der Waals surface area contributed by atoms with Gasteiger partial charge in [-0.25, -0.2) is 4.79 Å². The summed E-state index contributed by atoms with van der Waals surface area (Å²) in [5, 5.41) is 9.53. The van der Waals surface area contributed by atoms with Crippen molar-refractivity contribution in [1.82, 2.24) is 0 Å². The van der Waals surface area contributed by atoms with Gasteiger partial charge >= 0.3 is 5.97 Å². The molecule has 0 radical (unpaired) electrons. The third-order valence-corrected chi connectivity index (χ3v) is 4.23. The monoisotopic (exact) mass is 385 g/mol. The van der Waals surface area contributed by atoms with Gasteiger partial charge in [0.05, 0.1) is 31.4 Å². The van der Waals surface area contributed by atoms with E-state index in [9.17, 15) is 10.1 Å². The summed E-state index contributed by atoms with van der Waals surface area (Å²) in [6, 6.07) is 23.1. The van der Waals surface area contributed by atoms with E-state index >= 15 is 0 Å². The minimum Gasteiger partial charge on any atom is -0.497 e. The van der Waals surface area contributed by atoms with Crippen molar-refractivity contribution in [3.8, 4) is 23.3 Å². The van der Waals surface area contributed by atoms with Crippen LogP contribution in [0.5, 0.6) is 17.2 Å². The van der Waals surface area contributed by atoms with Crippen LogP contribution in [-0.4, -0.2) is 20.2 Å². The summed E-state index contributed by atoms with van der Waals surface area (Å²) in [5.74, 6) is 1.31. The molecular weight excluding hydrogens is 366 g/mol. The number of ether oxygens (including phenoxy) is 3. The van der Waals surface area contributed by atoms with E-state index in [4.69, 9.17) is 14.2 Å². The highest BCUT2D eigenvalue weighted by Gasteiger charge is 2.09. The van der Waals surface area contributed by atoms with Crippen LogP contribution >= 0.6 is 0 Å². The molecule has 0 heterocycles. The number of nitrogens with zero attached hydrogens (tertiary/aromatic N) is 1. The maximum atomic E-state index is 12.3. The molecule has 0 aromatic heterocycles. The van der Waals surface area contributed by atoms with Gasteiger partial charge in [-0.15, -0.1) is 0 Å². The van der Waals surface area contributed by atoms with Crippen LogP contribution in [0, 0.1) is 11.3 Å². The predicted octanol–water partition coefficient (Wildman–Crippen LogP) is 4.99. The van der Waals surface area contributed by atoms with E-state index in [1.165, 1.54) is 0 Å². The van der Waals surface area contributed by atoms with Crippen molar-refractivity contribution < 1.29 is 19.0 Å². The van der Waals surface area contributed by atoms with Gasteiger partial charge in [0.15, 0.2) is 0 Å². The van der Waals surface area contributed by atoms with E-state index in [-0.39, 0.29) is 0 Å². The summed E-state index contributed by atoms with van der Waals surface area (Å²) in [4.78, 5) is 12.3. The van der Waals surface area contributed by atoms with E-state index < -0.39 is 5.97 Å². The second kappa shape index (κ2) is 9.25. The van der Waals surface area contributed by atoms with Crippen molar-refractivity contribution >= 4 is 17.6 Å². The lowest BCUT2D eigenvalue weighted by Crippen LogP contribution is -2.08. The molecule has 144 valence electrons. The number of hydrogen-bond acceptors (Lipinski definition) is 5. The third-order valence-electron chi connectivity index (χ3n) is 4.23. The molecule has 0 aliphatic rings. The molecule has 5 heteroatoms. The Morgan fingerprint density at radius 2 is 1.41 bits per heavy atom. The van der Waals surface area contributed by atoms with Crippen LogP contribution < -0.4 is 14.2 Å². The fraction of sp³-hybridized carbons (Fsp3) is 0.0833. The molecule has 29 heavy (non-hydrogen) atoms. The quantitative estimate of drug-likeness (QED) is 0.259. The standard InChI is InChI=1S/C24H19NO4/c1-27-21-10-6-18(7-11-21)20(16-25)14-17-4-3-5-23(15-17)29-24(26)19-8-12-22(28-2)13-9-19/h3-15H,1-2H3/b20-14-. The lowest BCUT2D eigenvalue weighted by Gasteiger charge is -2.07. The van der Waals surface area contributed by atoms with Gasteiger partial charge in [-0.1, -0.05) is 12.1 Å². The van der Waals surface area contributed by atoms with Crippen LogP contribution in [0.25, 0.3) is 11.6 Å². The molecule has 0 spiro atoms. The summed E-state index contributed by atoms with van der Waals surface area (Å²) in [7, 11) is 3.16. The Balaban J connectivity index is 1.79. The maximum absolute atomic E-state index is 12.3. The molecule has 0 unspecified atom stereocenters. The molecule has 3 aromatic carbocycles. The van der Waals surface area contributed by atoms with Crippen LogP contribution in [0.1, 0.15) is 21.5 Å². The molecule has 0 aliphatic carbocycles. The van der Waals surface area contributed by atoms with Gasteiger partial charge in [-0.3, -0.25) is 0 Å². The molecule has 5 nitrogen and oxygen atoms in total. The zero-order chi connectivity index (χ0) is 20.6. The van der Waals surface area contributed by atoms with E-state index in [1.54, 1.807) is 74.9 Å². The van der Waals surface area contributed by atoms with Crippen LogP contribution in [0.3, 0.4) is 0 Å². The molecule has 0 bridgehead atoms. The lowest BCUT2D eigenvalue weighted by atomic mass is 10.0. The Morgan fingerprint density at radius 3 is 1.97 bits per heavy atom. The number of rotatable bonds is 6. The Kier molecular flexibility index (Phi) is 6.29. The van der Waals surface area contributed by atoms with Gasteiger partial charge in [-0.05, 0) is 77.9 Å². The van der Waals surface area contributed by atoms with Gasteiger partial charge in [0, 0.05) is 0 Å². The predicted molar refractivity (Wildman–Crippen MR) is 111 cm³/mol. The first-order valence-electron chi connectivity index (χ1n) is 8.85. The lowest BCUT2D eigenvalue weighted by molar-refractivity contribution is 0.0734. The molecule has 0 N–H and O–H groups in total. The number of esters is 1. The van der Waals surface area contributed by atoms with Crippen LogP contribution in [0.15, 0.2) is 72.8 Å². The number of methoxy groups -OCH3 is 2. The van der Waals surface area contributed by atoms with E-state index in [1.807, 2.05) is 18.2 Å². The zero-order valence-corrected chi connectivity index (χ0v) is 16.1. The number of nitriles is 1. The fourth-order valence-electron chi connectivity index (χ4n) is 2.68.